The number of nitrogens with zero attached hydrogens (tertiary/aromatic N) is 7. The second-order valence-electron chi connectivity index (χ2n) is 8.32. The number of alkyl halides is 2. The van der Waals surface area contributed by atoms with Gasteiger partial charge in [0.1, 0.15) is 23.5 Å². The Labute approximate surface area is 179 Å². The second kappa shape index (κ2) is 8.10. The van der Waals surface area contributed by atoms with Gasteiger partial charge in [0.15, 0.2) is 5.65 Å². The van der Waals surface area contributed by atoms with Gasteiger partial charge in [-0.2, -0.15) is 5.10 Å². The molecule has 4 rings (SSSR count). The van der Waals surface area contributed by atoms with Crippen LogP contribution in [0.4, 0.5) is 14.6 Å². The molecule has 0 aromatic carbocycles. The Morgan fingerprint density at radius 1 is 1.19 bits per heavy atom. The van der Waals surface area contributed by atoms with Crippen LogP contribution in [-0.4, -0.2) is 59.9 Å². The van der Waals surface area contributed by atoms with Crippen LogP contribution in [-0.2, 0) is 9.73 Å². The van der Waals surface area contributed by atoms with Crippen molar-refractivity contribution in [2.45, 2.75) is 38.8 Å². The van der Waals surface area contributed by atoms with E-state index in [1.165, 1.54) is 23.0 Å². The summed E-state index contributed by atoms with van der Waals surface area (Å²) >= 11 is 0. The molecule has 3 atom stereocenters. The number of piperidine rings is 1. The van der Waals surface area contributed by atoms with Crippen LogP contribution in [0.1, 0.15) is 32.4 Å². The molecule has 3 unspecified atom stereocenters. The van der Waals surface area contributed by atoms with Crippen LogP contribution in [0.3, 0.4) is 0 Å². The van der Waals surface area contributed by atoms with Crippen LogP contribution in [0, 0.1) is 5.92 Å². The molecule has 0 radical (unpaired) electrons. The SMILES string of the molecule is CC1CC(N=S(C)(C)=O)C(C)N(c2cc(-c3cnc4ccc(C(F)F)nn34)ncn2)C1. The Morgan fingerprint density at radius 3 is 2.68 bits per heavy atom. The lowest BCUT2D eigenvalue weighted by molar-refractivity contribution is 0.144. The minimum absolute atomic E-state index is 0.00502. The molecule has 0 N–H and O–H groups in total. The van der Waals surface area contributed by atoms with Gasteiger partial charge in [0.05, 0.1) is 24.0 Å². The van der Waals surface area contributed by atoms with E-state index in [1.807, 2.05) is 0 Å². The third kappa shape index (κ3) is 4.51. The molecule has 0 aliphatic carbocycles. The molecule has 1 fully saturated rings. The van der Waals surface area contributed by atoms with Crippen LogP contribution >= 0.6 is 0 Å². The average molecular weight is 450 g/mol. The Morgan fingerprint density at radius 2 is 1.97 bits per heavy atom. The molecule has 8 nitrogen and oxygen atoms in total. The van der Waals surface area contributed by atoms with E-state index in [-0.39, 0.29) is 17.8 Å². The largest absolute Gasteiger partial charge is 0.351 e. The monoisotopic (exact) mass is 449 g/mol. The van der Waals surface area contributed by atoms with Gasteiger partial charge in [-0.3, -0.25) is 4.21 Å². The van der Waals surface area contributed by atoms with Crippen LogP contribution in [0.25, 0.3) is 17.0 Å². The molecule has 166 valence electrons. The maximum absolute atomic E-state index is 13.1. The van der Waals surface area contributed by atoms with E-state index in [4.69, 9.17) is 0 Å². The van der Waals surface area contributed by atoms with Gasteiger partial charge >= 0.3 is 0 Å². The molecule has 0 amide bonds. The quantitative estimate of drug-likeness (QED) is 0.606. The van der Waals surface area contributed by atoms with E-state index in [1.54, 1.807) is 24.8 Å². The van der Waals surface area contributed by atoms with Gasteiger partial charge in [-0.05, 0) is 31.4 Å². The minimum Gasteiger partial charge on any atom is -0.351 e. The summed E-state index contributed by atoms with van der Waals surface area (Å²) < 4.78 is 44.5. The van der Waals surface area contributed by atoms with Crippen LogP contribution in [0.5, 0.6) is 0 Å². The predicted octanol–water partition coefficient (Wildman–Crippen LogP) is 3.45. The van der Waals surface area contributed by atoms with Crippen LogP contribution < -0.4 is 4.90 Å². The van der Waals surface area contributed by atoms with Gasteiger partial charge in [-0.1, -0.05) is 6.92 Å². The highest BCUT2D eigenvalue weighted by Crippen LogP contribution is 2.30. The highest BCUT2D eigenvalue weighted by molar-refractivity contribution is 7.92. The fourth-order valence-corrected chi connectivity index (χ4v) is 4.89. The molecular formula is C20H25F2N7OS. The Balaban J connectivity index is 1.73. The summed E-state index contributed by atoms with van der Waals surface area (Å²) in [5, 5.41) is 4.02. The van der Waals surface area contributed by atoms with Gasteiger partial charge < -0.3 is 4.90 Å². The highest BCUT2D eigenvalue weighted by Gasteiger charge is 2.33. The number of imidazole rings is 1. The first-order valence-electron chi connectivity index (χ1n) is 10.0. The molecule has 3 aromatic rings. The lowest BCUT2D eigenvalue weighted by Crippen LogP contribution is -2.49. The van der Waals surface area contributed by atoms with Crippen molar-refractivity contribution in [3.63, 3.8) is 0 Å². The van der Waals surface area contributed by atoms with Gasteiger partial charge in [-0.25, -0.2) is 32.6 Å². The topological polar surface area (TPSA) is 88.6 Å². The van der Waals surface area contributed by atoms with Crippen molar-refractivity contribution < 1.29 is 13.0 Å². The summed E-state index contributed by atoms with van der Waals surface area (Å²) in [5.41, 5.74) is 1.17. The van der Waals surface area contributed by atoms with Crippen molar-refractivity contribution in [3.05, 3.63) is 36.4 Å². The second-order valence-corrected chi connectivity index (χ2v) is 10.9. The predicted molar refractivity (Wildman–Crippen MR) is 116 cm³/mol. The maximum atomic E-state index is 13.1. The minimum atomic E-state index is -2.68. The van der Waals surface area contributed by atoms with Crippen molar-refractivity contribution in [2.75, 3.05) is 24.0 Å². The average Bonchev–Trinajstić information content (AvgIpc) is 3.12. The zero-order valence-electron chi connectivity index (χ0n) is 17.8. The van der Waals surface area contributed by atoms with Gasteiger partial charge in [0, 0.05) is 34.9 Å². The van der Waals surface area contributed by atoms with Crippen molar-refractivity contribution in [1.29, 1.82) is 0 Å². The number of aromatic nitrogens is 5. The third-order valence-electron chi connectivity index (χ3n) is 5.41. The number of rotatable bonds is 4. The fourth-order valence-electron chi connectivity index (χ4n) is 3.98. The van der Waals surface area contributed by atoms with E-state index in [9.17, 15) is 13.0 Å². The molecule has 0 saturated carbocycles. The Bertz CT molecular complexity index is 1210. The first-order valence-corrected chi connectivity index (χ1v) is 12.3. The number of hydrogen-bond acceptors (Lipinski definition) is 7. The maximum Gasteiger partial charge on any atom is 0.282 e. The lowest BCUT2D eigenvalue weighted by Gasteiger charge is -2.41. The molecule has 0 bridgehead atoms. The zero-order valence-corrected chi connectivity index (χ0v) is 18.6. The Hall–Kier alpha value is -2.69. The molecule has 31 heavy (non-hydrogen) atoms. The summed E-state index contributed by atoms with van der Waals surface area (Å²) in [4.78, 5) is 15.2. The van der Waals surface area contributed by atoms with Crippen molar-refractivity contribution in [2.24, 2.45) is 10.3 Å². The van der Waals surface area contributed by atoms with E-state index in [2.05, 4.69) is 43.2 Å². The molecule has 1 aliphatic rings. The number of anilines is 1. The lowest BCUT2D eigenvalue weighted by atomic mass is 9.91. The summed E-state index contributed by atoms with van der Waals surface area (Å²) in [6.07, 6.45) is 4.50. The number of hydrogen-bond donors (Lipinski definition) is 0. The summed E-state index contributed by atoms with van der Waals surface area (Å²) in [5.74, 6) is 1.04. The molecule has 11 heteroatoms. The standard InChI is InChI=1S/C20H25F2N7OS/c1-12-7-15(27-31(3,4)30)13(2)28(10-12)19-8-16(24-11-25-19)17-9-23-18-6-5-14(20(21)22)26-29(17)18/h5-6,8-9,11-13,15,20H,7,10H2,1-4H3. The molecule has 1 saturated heterocycles. The van der Waals surface area contributed by atoms with Gasteiger partial charge in [-0.15, -0.1) is 0 Å². The smallest absolute Gasteiger partial charge is 0.282 e. The molecule has 0 spiro atoms. The third-order valence-corrected chi connectivity index (χ3v) is 6.18. The van der Waals surface area contributed by atoms with Crippen LogP contribution in [0.15, 0.2) is 35.1 Å². The molecule has 3 aromatic heterocycles. The van der Waals surface area contributed by atoms with Crippen molar-refractivity contribution >= 4 is 21.2 Å². The number of halogens is 2. The fraction of sp³-hybridized carbons (Fsp3) is 0.500. The van der Waals surface area contributed by atoms with Crippen LogP contribution in [0.2, 0.25) is 0 Å². The van der Waals surface area contributed by atoms with E-state index >= 15 is 0 Å². The summed E-state index contributed by atoms with van der Waals surface area (Å²) in [6.45, 7) is 4.97. The first kappa shape index (κ1) is 21.5. The summed E-state index contributed by atoms with van der Waals surface area (Å²) in [7, 11) is -2.23. The first-order chi connectivity index (χ1) is 14.6. The highest BCUT2D eigenvalue weighted by atomic mass is 32.2. The number of fused-ring (bicyclic) bond motifs is 1. The van der Waals surface area contributed by atoms with Gasteiger partial charge in [0.2, 0.25) is 0 Å². The summed E-state index contributed by atoms with van der Waals surface area (Å²) in [6, 6.07) is 4.51. The molecular weight excluding hydrogens is 424 g/mol. The Kier molecular flexibility index (Phi) is 5.63. The van der Waals surface area contributed by atoms with E-state index in [0.717, 1.165) is 13.0 Å². The van der Waals surface area contributed by atoms with Crippen molar-refractivity contribution in [1.82, 2.24) is 24.6 Å². The molecule has 1 aliphatic heterocycles. The zero-order chi connectivity index (χ0) is 22.3. The van der Waals surface area contributed by atoms with E-state index < -0.39 is 16.2 Å². The van der Waals surface area contributed by atoms with E-state index in [0.29, 0.717) is 28.8 Å². The van der Waals surface area contributed by atoms with Gasteiger partial charge in [0.25, 0.3) is 6.43 Å². The normalized spacial score (nSPS) is 22.3. The van der Waals surface area contributed by atoms with Crippen molar-refractivity contribution in [3.8, 4) is 11.4 Å². The molecule has 4 heterocycles.